The van der Waals surface area contributed by atoms with Gasteiger partial charge in [-0.05, 0) is 33.5 Å². The standard InChI is InChI=1S/C15H22N2O/c1-6-8-9-18-15-14(12(3)17(4)5)10-13(7-2)11-16-15/h2,10-12H,6,8-9H2,1,3-5H3. The predicted molar refractivity (Wildman–Crippen MR) is 74.7 cm³/mol. The highest BCUT2D eigenvalue weighted by Crippen LogP contribution is 2.26. The molecule has 0 aliphatic carbocycles. The molecule has 1 rings (SSSR count). The van der Waals surface area contributed by atoms with Crippen molar-refractivity contribution in [1.82, 2.24) is 9.88 Å². The molecule has 3 nitrogen and oxygen atoms in total. The molecule has 0 saturated carbocycles. The fraction of sp³-hybridized carbons (Fsp3) is 0.533. The lowest BCUT2D eigenvalue weighted by atomic mass is 10.1. The van der Waals surface area contributed by atoms with Gasteiger partial charge in [0, 0.05) is 23.4 Å². The van der Waals surface area contributed by atoms with Crippen LogP contribution in [0.4, 0.5) is 0 Å². The smallest absolute Gasteiger partial charge is 0.218 e. The number of hydrogen-bond donors (Lipinski definition) is 0. The van der Waals surface area contributed by atoms with Crippen LogP contribution in [0.1, 0.15) is 43.9 Å². The molecule has 3 heteroatoms. The van der Waals surface area contributed by atoms with Crippen LogP contribution in [-0.4, -0.2) is 30.6 Å². The van der Waals surface area contributed by atoms with Crippen molar-refractivity contribution in [3.63, 3.8) is 0 Å². The van der Waals surface area contributed by atoms with Gasteiger partial charge in [0.05, 0.1) is 6.61 Å². The zero-order valence-corrected chi connectivity index (χ0v) is 11.7. The van der Waals surface area contributed by atoms with E-state index in [1.54, 1.807) is 6.20 Å². The molecule has 1 heterocycles. The van der Waals surface area contributed by atoms with Crippen molar-refractivity contribution in [1.29, 1.82) is 0 Å². The summed E-state index contributed by atoms with van der Waals surface area (Å²) in [5, 5.41) is 0. The molecule has 1 aromatic heterocycles. The second-order valence-electron chi connectivity index (χ2n) is 4.60. The average molecular weight is 246 g/mol. The minimum absolute atomic E-state index is 0.224. The average Bonchev–Trinajstić information content (AvgIpc) is 2.38. The topological polar surface area (TPSA) is 25.4 Å². The van der Waals surface area contributed by atoms with Gasteiger partial charge in [0.15, 0.2) is 0 Å². The van der Waals surface area contributed by atoms with Crippen LogP contribution < -0.4 is 4.74 Å². The summed E-state index contributed by atoms with van der Waals surface area (Å²) in [6, 6.07) is 2.21. The zero-order chi connectivity index (χ0) is 13.5. The van der Waals surface area contributed by atoms with E-state index >= 15 is 0 Å². The van der Waals surface area contributed by atoms with Gasteiger partial charge in [-0.3, -0.25) is 0 Å². The summed E-state index contributed by atoms with van der Waals surface area (Å²) < 4.78 is 5.74. The van der Waals surface area contributed by atoms with Crippen molar-refractivity contribution in [3.8, 4) is 18.2 Å². The molecule has 0 fully saturated rings. The third-order valence-corrected chi connectivity index (χ3v) is 3.01. The maximum absolute atomic E-state index is 5.74. The molecule has 0 amide bonds. The van der Waals surface area contributed by atoms with Crippen molar-refractivity contribution < 1.29 is 4.74 Å². The molecular weight excluding hydrogens is 224 g/mol. The van der Waals surface area contributed by atoms with Crippen LogP contribution in [0.5, 0.6) is 5.88 Å². The summed E-state index contributed by atoms with van der Waals surface area (Å²) in [6.07, 6.45) is 9.26. The lowest BCUT2D eigenvalue weighted by Gasteiger charge is -2.22. The van der Waals surface area contributed by atoms with Crippen LogP contribution in [-0.2, 0) is 0 Å². The number of terminal acetylenes is 1. The lowest BCUT2D eigenvalue weighted by molar-refractivity contribution is 0.271. The molecule has 0 radical (unpaired) electrons. The molecular formula is C15H22N2O. The van der Waals surface area contributed by atoms with Gasteiger partial charge in [-0.1, -0.05) is 19.3 Å². The van der Waals surface area contributed by atoms with Crippen molar-refractivity contribution in [2.75, 3.05) is 20.7 Å². The molecule has 0 aromatic carbocycles. The maximum Gasteiger partial charge on any atom is 0.218 e. The summed E-state index contributed by atoms with van der Waals surface area (Å²) in [7, 11) is 4.06. The van der Waals surface area contributed by atoms with E-state index in [-0.39, 0.29) is 6.04 Å². The Hall–Kier alpha value is -1.53. The molecule has 1 unspecified atom stereocenters. The van der Waals surface area contributed by atoms with Crippen molar-refractivity contribution in [3.05, 3.63) is 23.4 Å². The molecule has 18 heavy (non-hydrogen) atoms. The second-order valence-corrected chi connectivity index (χ2v) is 4.60. The van der Waals surface area contributed by atoms with E-state index in [4.69, 9.17) is 11.2 Å². The molecule has 0 bridgehead atoms. The highest BCUT2D eigenvalue weighted by atomic mass is 16.5. The predicted octanol–water partition coefficient (Wildman–Crippen LogP) is 2.86. The van der Waals surface area contributed by atoms with E-state index in [1.807, 2.05) is 20.2 Å². The first-order chi connectivity index (χ1) is 8.60. The molecule has 0 aliphatic rings. The van der Waals surface area contributed by atoms with Gasteiger partial charge in [-0.2, -0.15) is 0 Å². The van der Waals surface area contributed by atoms with Crippen molar-refractivity contribution in [2.24, 2.45) is 0 Å². The monoisotopic (exact) mass is 246 g/mol. The Bertz CT molecular complexity index is 421. The maximum atomic E-state index is 5.74. The Kier molecular flexibility index (Phi) is 5.67. The number of nitrogens with zero attached hydrogens (tertiary/aromatic N) is 2. The van der Waals surface area contributed by atoms with E-state index in [9.17, 15) is 0 Å². The second kappa shape index (κ2) is 7.03. The van der Waals surface area contributed by atoms with E-state index in [1.165, 1.54) is 0 Å². The van der Waals surface area contributed by atoms with Gasteiger partial charge in [0.2, 0.25) is 5.88 Å². The largest absolute Gasteiger partial charge is 0.477 e. The van der Waals surface area contributed by atoms with Crippen LogP contribution in [0, 0.1) is 12.3 Å². The van der Waals surface area contributed by atoms with Crippen LogP contribution in [0.3, 0.4) is 0 Å². The van der Waals surface area contributed by atoms with Crippen LogP contribution in [0.2, 0.25) is 0 Å². The van der Waals surface area contributed by atoms with Gasteiger partial charge < -0.3 is 9.64 Å². The minimum Gasteiger partial charge on any atom is -0.477 e. The van der Waals surface area contributed by atoms with Crippen molar-refractivity contribution in [2.45, 2.75) is 32.7 Å². The third kappa shape index (κ3) is 3.75. The molecule has 0 aliphatic heterocycles. The SMILES string of the molecule is C#Cc1cnc(OCCCC)c(C(C)N(C)C)c1. The summed E-state index contributed by atoms with van der Waals surface area (Å²) in [5.41, 5.74) is 1.84. The van der Waals surface area contributed by atoms with E-state index < -0.39 is 0 Å². The molecule has 0 saturated heterocycles. The van der Waals surface area contributed by atoms with Crippen LogP contribution in [0.25, 0.3) is 0 Å². The summed E-state index contributed by atoms with van der Waals surface area (Å²) in [4.78, 5) is 6.45. The fourth-order valence-electron chi connectivity index (χ4n) is 1.56. The van der Waals surface area contributed by atoms with Gasteiger partial charge in [-0.25, -0.2) is 4.98 Å². The molecule has 0 N–H and O–H groups in total. The lowest BCUT2D eigenvalue weighted by Crippen LogP contribution is -2.18. The van der Waals surface area contributed by atoms with E-state index in [0.717, 1.165) is 24.0 Å². The highest BCUT2D eigenvalue weighted by molar-refractivity contribution is 5.39. The van der Waals surface area contributed by atoms with E-state index in [2.05, 4.69) is 29.7 Å². The Labute approximate surface area is 110 Å². The van der Waals surface area contributed by atoms with Gasteiger partial charge in [-0.15, -0.1) is 6.42 Å². The van der Waals surface area contributed by atoms with E-state index in [0.29, 0.717) is 12.5 Å². The first kappa shape index (κ1) is 14.5. The third-order valence-electron chi connectivity index (χ3n) is 3.01. The number of hydrogen-bond acceptors (Lipinski definition) is 3. The fourth-order valence-corrected chi connectivity index (χ4v) is 1.56. The Balaban J connectivity index is 2.97. The quantitative estimate of drug-likeness (QED) is 0.570. The van der Waals surface area contributed by atoms with Gasteiger partial charge in [0.25, 0.3) is 0 Å². The van der Waals surface area contributed by atoms with Crippen LogP contribution >= 0.6 is 0 Å². The summed E-state index contributed by atoms with van der Waals surface area (Å²) in [5.74, 6) is 3.32. The van der Waals surface area contributed by atoms with Crippen molar-refractivity contribution >= 4 is 0 Å². The normalized spacial score (nSPS) is 12.2. The Morgan fingerprint density at radius 1 is 1.50 bits per heavy atom. The molecule has 1 atom stereocenters. The summed E-state index contributed by atoms with van der Waals surface area (Å²) >= 11 is 0. The number of ether oxygens (including phenoxy) is 1. The summed E-state index contributed by atoms with van der Waals surface area (Å²) in [6.45, 7) is 4.96. The zero-order valence-electron chi connectivity index (χ0n) is 11.7. The number of aromatic nitrogens is 1. The van der Waals surface area contributed by atoms with Crippen LogP contribution in [0.15, 0.2) is 12.3 Å². The number of pyridine rings is 1. The number of unbranched alkanes of at least 4 members (excludes halogenated alkanes) is 1. The molecule has 98 valence electrons. The number of rotatable bonds is 6. The van der Waals surface area contributed by atoms with Gasteiger partial charge >= 0.3 is 0 Å². The Morgan fingerprint density at radius 2 is 2.22 bits per heavy atom. The minimum atomic E-state index is 0.224. The Morgan fingerprint density at radius 3 is 2.78 bits per heavy atom. The molecule has 0 spiro atoms. The first-order valence-electron chi connectivity index (χ1n) is 6.36. The molecule has 1 aromatic rings. The van der Waals surface area contributed by atoms with Gasteiger partial charge in [0.1, 0.15) is 0 Å². The highest BCUT2D eigenvalue weighted by Gasteiger charge is 2.15. The first-order valence-corrected chi connectivity index (χ1v) is 6.36.